The smallest absolute Gasteiger partial charge is 0.266 e. The first-order valence-electron chi connectivity index (χ1n) is 10.9. The van der Waals surface area contributed by atoms with E-state index in [0.29, 0.717) is 35.2 Å². The molecule has 1 aromatic carbocycles. The maximum absolute atomic E-state index is 12.5. The second-order valence-electron chi connectivity index (χ2n) is 7.74. The number of anilines is 1. The van der Waals surface area contributed by atoms with Crippen LogP contribution in [0.5, 0.6) is 0 Å². The Morgan fingerprint density at radius 3 is 2.61 bits per heavy atom. The molecule has 0 unspecified atom stereocenters. The summed E-state index contributed by atoms with van der Waals surface area (Å²) in [6.45, 7) is 3.41. The number of thiocarbonyl (C=S) groups is 1. The van der Waals surface area contributed by atoms with Crippen molar-refractivity contribution in [2.24, 2.45) is 0 Å². The van der Waals surface area contributed by atoms with Crippen LogP contribution >= 0.6 is 24.0 Å². The van der Waals surface area contributed by atoms with Crippen molar-refractivity contribution in [1.82, 2.24) is 4.90 Å². The first kappa shape index (κ1) is 25.4. The Morgan fingerprint density at radius 1 is 1.09 bits per heavy atom. The highest BCUT2D eigenvalue weighted by Gasteiger charge is 2.30. The lowest BCUT2D eigenvalue weighted by Gasteiger charge is -2.27. The van der Waals surface area contributed by atoms with Gasteiger partial charge in [-0.1, -0.05) is 73.8 Å². The van der Waals surface area contributed by atoms with Crippen molar-refractivity contribution >= 4 is 55.6 Å². The minimum atomic E-state index is -3.92. The van der Waals surface area contributed by atoms with Crippen LogP contribution in [-0.2, 0) is 14.9 Å². The van der Waals surface area contributed by atoms with Gasteiger partial charge in [0.2, 0.25) is 0 Å². The molecule has 6 nitrogen and oxygen atoms in total. The zero-order chi connectivity index (χ0) is 23.8. The fraction of sp³-hybridized carbons (Fsp3) is 0.333. The third-order valence-corrected chi connectivity index (χ3v) is 7.45. The van der Waals surface area contributed by atoms with Crippen LogP contribution in [0.2, 0.25) is 0 Å². The van der Waals surface area contributed by atoms with Crippen molar-refractivity contribution in [2.75, 3.05) is 23.7 Å². The molecule has 1 amide bonds. The summed E-state index contributed by atoms with van der Waals surface area (Å²) in [5.41, 5.74) is 3.16. The number of allylic oxidation sites excluding steroid dienone is 6. The molecule has 3 rings (SSSR count). The molecular formula is C24H28N2O4S3. The Morgan fingerprint density at radius 2 is 1.85 bits per heavy atom. The number of amides is 1. The largest absolute Gasteiger partial charge is 0.347 e. The van der Waals surface area contributed by atoms with Crippen molar-refractivity contribution in [3.63, 3.8) is 0 Å². The first-order valence-corrected chi connectivity index (χ1v) is 13.8. The molecule has 0 bridgehead atoms. The molecule has 0 spiro atoms. The van der Waals surface area contributed by atoms with E-state index in [1.165, 1.54) is 11.8 Å². The van der Waals surface area contributed by atoms with E-state index in [1.54, 1.807) is 4.90 Å². The third-order valence-electron chi connectivity index (χ3n) is 5.25. The van der Waals surface area contributed by atoms with Crippen molar-refractivity contribution in [3.05, 3.63) is 71.3 Å². The molecule has 0 radical (unpaired) electrons. The molecule has 1 N–H and O–H groups in total. The lowest BCUT2D eigenvalue weighted by molar-refractivity contribution is -0.122. The number of nitrogens with zero attached hydrogens (tertiary/aromatic N) is 2. The Hall–Kier alpha value is -2.20. The normalized spacial score (nSPS) is 18.8. The zero-order valence-electron chi connectivity index (χ0n) is 18.5. The molecule has 33 heavy (non-hydrogen) atoms. The number of carbonyl (C=O) groups is 1. The van der Waals surface area contributed by atoms with Crippen LogP contribution in [0, 0.1) is 0 Å². The Labute approximate surface area is 205 Å². The van der Waals surface area contributed by atoms with Gasteiger partial charge in [0.15, 0.2) is 0 Å². The first-order chi connectivity index (χ1) is 15.8. The van der Waals surface area contributed by atoms with Gasteiger partial charge in [-0.15, -0.1) is 0 Å². The summed E-state index contributed by atoms with van der Waals surface area (Å²) < 4.78 is 31.3. The van der Waals surface area contributed by atoms with Gasteiger partial charge in [-0.25, -0.2) is 0 Å². The van der Waals surface area contributed by atoms with Crippen LogP contribution in [0.15, 0.2) is 65.8 Å². The highest BCUT2D eigenvalue weighted by Crippen LogP contribution is 2.33. The third kappa shape index (κ3) is 7.14. The predicted molar refractivity (Wildman–Crippen MR) is 141 cm³/mol. The number of rotatable bonds is 10. The average molecular weight is 505 g/mol. The summed E-state index contributed by atoms with van der Waals surface area (Å²) in [6.07, 6.45) is 14.6. The van der Waals surface area contributed by atoms with E-state index in [-0.39, 0.29) is 11.7 Å². The summed E-state index contributed by atoms with van der Waals surface area (Å²) in [7, 11) is -3.92. The fourth-order valence-corrected chi connectivity index (χ4v) is 5.37. The monoisotopic (exact) mass is 504 g/mol. The topological polar surface area (TPSA) is 77.9 Å². The predicted octanol–water partition coefficient (Wildman–Crippen LogP) is 5.17. The minimum absolute atomic E-state index is 0.0247. The molecule has 0 saturated carbocycles. The van der Waals surface area contributed by atoms with Crippen molar-refractivity contribution in [1.29, 1.82) is 0 Å². The number of hydrogen-bond donors (Lipinski definition) is 1. The van der Waals surface area contributed by atoms with Gasteiger partial charge in [0.05, 0.1) is 10.7 Å². The number of unbranched alkanes of at least 4 members (excludes halogenated alkanes) is 2. The van der Waals surface area contributed by atoms with Crippen LogP contribution in [-0.4, -0.2) is 46.9 Å². The summed E-state index contributed by atoms with van der Waals surface area (Å²) in [5, 5.41) is 0. The van der Waals surface area contributed by atoms with Gasteiger partial charge in [-0.3, -0.25) is 14.2 Å². The Balaban J connectivity index is 1.66. The molecule has 0 aromatic heterocycles. The number of benzene rings is 1. The standard InChI is InChI=1S/C24H28N2O4S3/c1-2-3-16-26-23(27)22(32-24(26)31)13-7-4-10-19-14-17-25(15-8-9-18-33(28,29)30)21-12-6-5-11-20(19)21/h4-7,10-14,17H,2-3,8-9,15-16,18H2,1H3,(H,28,29,30)/b7-4+,19-10-,22-13-. The summed E-state index contributed by atoms with van der Waals surface area (Å²) in [6, 6.07) is 8.02. The molecule has 1 saturated heterocycles. The van der Waals surface area contributed by atoms with E-state index in [2.05, 4.69) is 11.8 Å². The average Bonchev–Trinajstić information content (AvgIpc) is 3.05. The molecule has 1 aromatic rings. The molecular weight excluding hydrogens is 476 g/mol. The van der Waals surface area contributed by atoms with Gasteiger partial charge in [-0.2, -0.15) is 8.42 Å². The van der Waals surface area contributed by atoms with E-state index in [0.717, 1.165) is 29.7 Å². The summed E-state index contributed by atoms with van der Waals surface area (Å²) >= 11 is 6.68. The second-order valence-corrected chi connectivity index (χ2v) is 11.0. The van der Waals surface area contributed by atoms with Crippen LogP contribution < -0.4 is 4.90 Å². The molecule has 2 heterocycles. The van der Waals surface area contributed by atoms with Crippen molar-refractivity contribution in [2.45, 2.75) is 32.6 Å². The van der Waals surface area contributed by atoms with Gasteiger partial charge < -0.3 is 4.90 Å². The van der Waals surface area contributed by atoms with Crippen LogP contribution in [0.1, 0.15) is 38.2 Å². The molecule has 0 aliphatic carbocycles. The lowest BCUT2D eigenvalue weighted by atomic mass is 9.99. The van der Waals surface area contributed by atoms with Crippen molar-refractivity contribution in [3.8, 4) is 0 Å². The zero-order valence-corrected chi connectivity index (χ0v) is 21.0. The SMILES string of the molecule is CCCCN1C(=O)/C(=C/C=C/C=C2/C=CN(CCCCS(=O)(=O)O)c3ccccc32)SC1=S. The van der Waals surface area contributed by atoms with Gasteiger partial charge in [-0.05, 0) is 43.1 Å². The Kier molecular flexibility index (Phi) is 9.08. The van der Waals surface area contributed by atoms with Gasteiger partial charge >= 0.3 is 0 Å². The lowest BCUT2D eigenvalue weighted by Crippen LogP contribution is -2.28. The molecule has 0 atom stereocenters. The fourth-order valence-electron chi connectivity index (χ4n) is 3.54. The van der Waals surface area contributed by atoms with Crippen LogP contribution in [0.25, 0.3) is 5.57 Å². The number of carbonyl (C=O) groups excluding carboxylic acids is 1. The van der Waals surface area contributed by atoms with E-state index in [4.69, 9.17) is 16.8 Å². The van der Waals surface area contributed by atoms with Crippen molar-refractivity contribution < 1.29 is 17.8 Å². The highest BCUT2D eigenvalue weighted by atomic mass is 32.2. The summed E-state index contributed by atoms with van der Waals surface area (Å²) in [5.74, 6) is -0.247. The minimum Gasteiger partial charge on any atom is -0.347 e. The number of para-hydroxylation sites is 1. The van der Waals surface area contributed by atoms with Gasteiger partial charge in [0, 0.05) is 30.5 Å². The van der Waals surface area contributed by atoms with E-state index in [9.17, 15) is 13.2 Å². The maximum Gasteiger partial charge on any atom is 0.266 e. The molecule has 176 valence electrons. The van der Waals surface area contributed by atoms with Crippen LogP contribution in [0.3, 0.4) is 0 Å². The maximum atomic E-state index is 12.5. The van der Waals surface area contributed by atoms with E-state index >= 15 is 0 Å². The van der Waals surface area contributed by atoms with Gasteiger partial charge in [0.1, 0.15) is 4.32 Å². The summed E-state index contributed by atoms with van der Waals surface area (Å²) in [4.78, 5) is 16.9. The van der Waals surface area contributed by atoms with Crippen LogP contribution in [0.4, 0.5) is 5.69 Å². The molecule has 1 fully saturated rings. The van der Waals surface area contributed by atoms with E-state index in [1.807, 2.05) is 60.8 Å². The second kappa shape index (κ2) is 11.8. The highest BCUT2D eigenvalue weighted by molar-refractivity contribution is 8.26. The van der Waals surface area contributed by atoms with Gasteiger partial charge in [0.25, 0.3) is 16.0 Å². The van der Waals surface area contributed by atoms with E-state index < -0.39 is 10.1 Å². The molecule has 2 aliphatic heterocycles. The quantitative estimate of drug-likeness (QED) is 0.204. The Bertz CT molecular complexity index is 1120. The number of fused-ring (bicyclic) bond motifs is 1. The molecule has 9 heteroatoms. The molecule has 2 aliphatic rings. The number of hydrogen-bond acceptors (Lipinski definition) is 6. The number of thioether (sulfide) groups is 1.